The number of aromatic amines is 1. The van der Waals surface area contributed by atoms with Crippen molar-refractivity contribution in [1.82, 2.24) is 52.8 Å². The standard InChI is InChI=1S/C51H77N17O10/c1-3-57-43(72)34-16-9-23-58-42(71)22-20-38(66-44(73)35(62-29(2)69)17-10-24-59-50(53)54)46(75)65-37(19-21-41(52)70)47(76)67-39(26-30-12-5-4-6-13-30)48(77)64-36(18-11-25-60-51(55)56)45(74)68-40(49(78)63-34)27-31-28-61-33-15-8-7-14-32(31)33/h4-8,12-15,28,34-40,45,61,68,74H,3,9-11,16-27H2,1-2H3,(H2,52,70)(H,57,72)(H,58,71)(H,62,69)(H,63,78)(H,64,77)(H,65,75)(H,66,73)(H,67,76)(H4,53,54,59)(H4,55,56,60)/t34-,35-,36-,37-,38-,39+,40-,45?/m0/s1. The van der Waals surface area contributed by atoms with Gasteiger partial charge in [0.25, 0.3) is 0 Å². The molecule has 78 heavy (non-hydrogen) atoms. The number of guanidine groups is 2. The summed E-state index contributed by atoms with van der Waals surface area (Å²) in [6.45, 7) is 3.32. The van der Waals surface area contributed by atoms with Gasteiger partial charge >= 0.3 is 0 Å². The highest BCUT2D eigenvalue weighted by Crippen LogP contribution is 2.20. The Morgan fingerprint density at radius 3 is 2.09 bits per heavy atom. The maximum atomic E-state index is 14.7. The van der Waals surface area contributed by atoms with Crippen LogP contribution in [0.15, 0.2) is 70.8 Å². The van der Waals surface area contributed by atoms with E-state index in [2.05, 4.69) is 62.8 Å². The largest absolute Gasteiger partial charge is 0.376 e. The van der Waals surface area contributed by atoms with Gasteiger partial charge in [-0.3, -0.25) is 58.5 Å². The molecule has 4 rings (SSSR count). The third kappa shape index (κ3) is 21.7. The highest BCUT2D eigenvalue weighted by atomic mass is 16.3. The van der Waals surface area contributed by atoms with E-state index in [0.29, 0.717) is 11.1 Å². The van der Waals surface area contributed by atoms with Gasteiger partial charge in [-0.1, -0.05) is 48.5 Å². The van der Waals surface area contributed by atoms with Gasteiger partial charge in [-0.05, 0) is 81.9 Å². The van der Waals surface area contributed by atoms with Crippen LogP contribution in [0.25, 0.3) is 10.9 Å². The molecule has 0 radical (unpaired) electrons. The first-order valence-corrected chi connectivity index (χ1v) is 26.0. The molecule has 426 valence electrons. The molecule has 2 aromatic carbocycles. The van der Waals surface area contributed by atoms with Gasteiger partial charge in [0.05, 0.1) is 12.1 Å². The third-order valence-electron chi connectivity index (χ3n) is 12.6. The predicted octanol–water partition coefficient (Wildman–Crippen LogP) is -3.64. The van der Waals surface area contributed by atoms with E-state index < -0.39 is 108 Å². The van der Waals surface area contributed by atoms with E-state index in [-0.39, 0.29) is 109 Å². The molecule has 0 bridgehead atoms. The fourth-order valence-corrected chi connectivity index (χ4v) is 8.64. The van der Waals surface area contributed by atoms with Crippen molar-refractivity contribution in [3.8, 4) is 0 Å². The van der Waals surface area contributed by atoms with E-state index in [1.165, 1.54) is 6.92 Å². The fourth-order valence-electron chi connectivity index (χ4n) is 8.64. The summed E-state index contributed by atoms with van der Waals surface area (Å²) in [7, 11) is 0. The van der Waals surface area contributed by atoms with Crippen molar-refractivity contribution in [2.24, 2.45) is 38.7 Å². The molecule has 27 heteroatoms. The van der Waals surface area contributed by atoms with Gasteiger partial charge in [0.1, 0.15) is 36.4 Å². The minimum atomic E-state index is -1.68. The summed E-state index contributed by atoms with van der Waals surface area (Å²) in [5.74, 6) is -7.10. The molecule has 1 fully saturated rings. The van der Waals surface area contributed by atoms with E-state index in [9.17, 15) is 48.3 Å². The molecular weight excluding hydrogens is 1010 g/mol. The number of nitrogens with zero attached hydrogens (tertiary/aromatic N) is 2. The van der Waals surface area contributed by atoms with Crippen molar-refractivity contribution in [2.75, 3.05) is 26.2 Å². The molecule has 0 spiro atoms. The van der Waals surface area contributed by atoms with Crippen LogP contribution in [0.4, 0.5) is 0 Å². The van der Waals surface area contributed by atoms with Gasteiger partial charge in [-0.25, -0.2) is 0 Å². The van der Waals surface area contributed by atoms with Gasteiger partial charge < -0.3 is 81.3 Å². The number of hydrogen-bond acceptors (Lipinski definition) is 13. The number of carbonyl (C=O) groups excluding carboxylic acids is 9. The number of rotatable bonds is 20. The Hall–Kier alpha value is -8.33. The number of benzene rings is 2. The highest BCUT2D eigenvalue weighted by molar-refractivity contribution is 5.96. The smallest absolute Gasteiger partial charge is 0.243 e. The van der Waals surface area contributed by atoms with Crippen LogP contribution in [0.1, 0.15) is 89.2 Å². The summed E-state index contributed by atoms with van der Waals surface area (Å²) in [5, 5.41) is 37.4. The van der Waals surface area contributed by atoms with Crippen molar-refractivity contribution < 1.29 is 48.3 Å². The lowest BCUT2D eigenvalue weighted by Gasteiger charge is -2.31. The summed E-state index contributed by atoms with van der Waals surface area (Å²) in [6.07, 6.45) is -0.926. The number of aromatic nitrogens is 1. The number of primary amides is 1. The average molecular weight is 1090 g/mol. The molecule has 1 aliphatic rings. The molecule has 2 heterocycles. The lowest BCUT2D eigenvalue weighted by atomic mass is 10.0. The Balaban J connectivity index is 1.81. The number of likely N-dealkylation sites (N-methyl/N-ethyl adjacent to an activating group) is 1. The van der Waals surface area contributed by atoms with Crippen LogP contribution in [0.3, 0.4) is 0 Å². The lowest BCUT2D eigenvalue weighted by Crippen LogP contribution is -2.61. The highest BCUT2D eigenvalue weighted by Gasteiger charge is 2.35. The van der Waals surface area contributed by atoms with Crippen molar-refractivity contribution in [3.05, 3.63) is 71.9 Å². The Morgan fingerprint density at radius 2 is 1.41 bits per heavy atom. The van der Waals surface area contributed by atoms with E-state index >= 15 is 0 Å². The number of amides is 9. The zero-order valence-corrected chi connectivity index (χ0v) is 44.1. The number of aliphatic imine (C=N–C) groups is 2. The predicted molar refractivity (Wildman–Crippen MR) is 291 cm³/mol. The normalized spacial score (nSPS) is 21.7. The molecule has 21 N–H and O–H groups in total. The zero-order valence-electron chi connectivity index (χ0n) is 44.1. The molecular formula is C51H77N17O10. The third-order valence-corrected chi connectivity index (χ3v) is 12.6. The molecule has 1 saturated heterocycles. The summed E-state index contributed by atoms with van der Waals surface area (Å²) in [5.41, 5.74) is 29.7. The van der Waals surface area contributed by atoms with Crippen LogP contribution in [-0.2, 0) is 56.0 Å². The summed E-state index contributed by atoms with van der Waals surface area (Å²) in [6, 6.07) is 6.68. The Kier molecular flexibility index (Phi) is 25.8. The number of aliphatic hydroxyl groups is 1. The van der Waals surface area contributed by atoms with Gasteiger partial charge in [0, 0.05) is 69.5 Å². The number of nitrogens with two attached hydrogens (primary N) is 5. The lowest BCUT2D eigenvalue weighted by molar-refractivity contribution is -0.135. The second kappa shape index (κ2) is 32.3. The number of carbonyl (C=O) groups is 9. The van der Waals surface area contributed by atoms with Crippen molar-refractivity contribution >= 4 is 76.0 Å². The quantitative estimate of drug-likeness (QED) is 0.0295. The number of fused-ring (bicyclic) bond motifs is 1. The monoisotopic (exact) mass is 1090 g/mol. The second-order valence-electron chi connectivity index (χ2n) is 18.9. The average Bonchev–Trinajstić information content (AvgIpc) is 3.80. The zero-order chi connectivity index (χ0) is 57.1. The number of hydrogen-bond donors (Lipinski definition) is 16. The molecule has 1 unspecified atom stereocenters. The topological polar surface area (TPSA) is 453 Å². The SMILES string of the molecule is CCNC(=O)[C@@H]1CCCNC(=O)CC[C@H](NC(=O)[C@H](CCCN=C(N)N)NC(C)=O)C(=O)N[C@@H](CCC(N)=O)C(=O)N[C@H](Cc2ccccc2)C(=O)N[C@@H](CCCN=C(N)N)C(O)N[C@@H](Cc2c[nH]c3ccccc23)C(=O)N1. The van der Waals surface area contributed by atoms with E-state index in [1.807, 2.05) is 24.3 Å². The molecule has 0 saturated carbocycles. The van der Waals surface area contributed by atoms with Gasteiger partial charge in [-0.15, -0.1) is 0 Å². The number of H-pyrrole nitrogens is 1. The van der Waals surface area contributed by atoms with Crippen LogP contribution >= 0.6 is 0 Å². The van der Waals surface area contributed by atoms with Crippen molar-refractivity contribution in [1.29, 1.82) is 0 Å². The minimum absolute atomic E-state index is 0.00467. The van der Waals surface area contributed by atoms with E-state index in [4.69, 9.17) is 28.7 Å². The maximum Gasteiger partial charge on any atom is 0.243 e. The van der Waals surface area contributed by atoms with Crippen LogP contribution in [0, 0.1) is 0 Å². The number of aliphatic hydroxyl groups excluding tert-OH is 1. The molecule has 9 amide bonds. The van der Waals surface area contributed by atoms with Gasteiger partial charge in [0.2, 0.25) is 53.2 Å². The van der Waals surface area contributed by atoms with E-state index in [1.54, 1.807) is 43.5 Å². The second-order valence-corrected chi connectivity index (χ2v) is 18.9. The fraction of sp³-hybridized carbons (Fsp3) is 0.510. The first-order chi connectivity index (χ1) is 37.2. The first-order valence-electron chi connectivity index (χ1n) is 26.0. The van der Waals surface area contributed by atoms with Crippen molar-refractivity contribution in [3.63, 3.8) is 0 Å². The van der Waals surface area contributed by atoms with E-state index in [0.717, 1.165) is 10.9 Å². The van der Waals surface area contributed by atoms with Crippen LogP contribution in [0.2, 0.25) is 0 Å². The molecule has 8 atom stereocenters. The first kappa shape index (κ1) is 62.2. The Morgan fingerprint density at radius 1 is 0.756 bits per heavy atom. The van der Waals surface area contributed by atoms with Gasteiger partial charge in [0.15, 0.2) is 11.9 Å². The number of para-hydroxylation sites is 1. The van der Waals surface area contributed by atoms with Crippen LogP contribution in [-0.4, -0.2) is 150 Å². The minimum Gasteiger partial charge on any atom is -0.376 e. The molecule has 0 aliphatic carbocycles. The molecule has 3 aromatic rings. The number of nitrogens with one attached hydrogen (secondary N) is 10. The summed E-state index contributed by atoms with van der Waals surface area (Å²) in [4.78, 5) is 135. The van der Waals surface area contributed by atoms with Gasteiger partial charge in [-0.2, -0.15) is 0 Å². The van der Waals surface area contributed by atoms with Crippen molar-refractivity contribution in [2.45, 2.75) is 139 Å². The van der Waals surface area contributed by atoms with Crippen LogP contribution < -0.4 is 76.5 Å². The molecule has 1 aromatic heterocycles. The molecule has 27 nitrogen and oxygen atoms in total. The maximum absolute atomic E-state index is 14.7. The summed E-state index contributed by atoms with van der Waals surface area (Å²) < 4.78 is 0. The summed E-state index contributed by atoms with van der Waals surface area (Å²) >= 11 is 0. The Labute approximate surface area is 452 Å². The Bertz CT molecular complexity index is 2570. The van der Waals surface area contributed by atoms with Crippen LogP contribution in [0.5, 0.6) is 0 Å². The molecule has 1 aliphatic heterocycles.